The van der Waals surface area contributed by atoms with Crippen molar-refractivity contribution in [3.63, 3.8) is 0 Å². The van der Waals surface area contributed by atoms with Crippen LogP contribution in [0.1, 0.15) is 119 Å². The van der Waals surface area contributed by atoms with Gasteiger partial charge in [0, 0.05) is 7.05 Å². The number of esters is 1. The van der Waals surface area contributed by atoms with Gasteiger partial charge in [-0.15, -0.1) is 0 Å². The number of nitrogens with two attached hydrogens (primary N) is 2. The highest BCUT2D eigenvalue weighted by Crippen LogP contribution is 2.22. The molecule has 16 nitrogen and oxygen atoms in total. The zero-order valence-corrected chi connectivity index (χ0v) is 32.4. The van der Waals surface area contributed by atoms with Gasteiger partial charge in [0.25, 0.3) is 0 Å². The normalized spacial score (nSPS) is 25.1. The van der Waals surface area contributed by atoms with Gasteiger partial charge in [0.1, 0.15) is 36.8 Å². The number of aliphatic hydroxyl groups excluding tert-OH is 1. The van der Waals surface area contributed by atoms with Crippen molar-refractivity contribution in [2.75, 3.05) is 20.1 Å². The minimum Gasteiger partial charge on any atom is -0.460 e. The molecule has 0 aromatic heterocycles. The van der Waals surface area contributed by atoms with E-state index in [1.165, 1.54) is 31.7 Å². The first-order chi connectivity index (χ1) is 24.5. The van der Waals surface area contributed by atoms with Gasteiger partial charge in [-0.3, -0.25) is 33.8 Å². The summed E-state index contributed by atoms with van der Waals surface area (Å²) in [5.41, 5.74) is 11.0. The first-order valence-electron chi connectivity index (χ1n) is 18.9. The quantitative estimate of drug-likeness (QED) is 0.0512. The fourth-order valence-corrected chi connectivity index (χ4v) is 6.04. The number of aliphatic imine (C=N–C) groups is 1. The first-order valence-corrected chi connectivity index (χ1v) is 18.9. The lowest BCUT2D eigenvalue weighted by Crippen LogP contribution is -2.60. The van der Waals surface area contributed by atoms with Crippen molar-refractivity contribution in [3.05, 3.63) is 0 Å². The minimum absolute atomic E-state index is 0.00884. The largest absolute Gasteiger partial charge is 0.460 e. The molecule has 52 heavy (non-hydrogen) atoms. The summed E-state index contributed by atoms with van der Waals surface area (Å²) in [6, 6.07) is -5.02. The minimum atomic E-state index is -1.54. The molecule has 0 radical (unpaired) electrons. The molecule has 7 atom stereocenters. The van der Waals surface area contributed by atoms with Crippen LogP contribution in [0.25, 0.3) is 0 Å². The maximum absolute atomic E-state index is 14.0. The molecule has 1 aliphatic rings. The van der Waals surface area contributed by atoms with E-state index < -0.39 is 90.9 Å². The lowest BCUT2D eigenvalue weighted by molar-refractivity contribution is -0.157. The molecule has 1 aliphatic heterocycles. The van der Waals surface area contributed by atoms with Crippen LogP contribution in [0, 0.1) is 11.8 Å². The first kappa shape index (κ1) is 46.1. The number of guanidine groups is 1. The Kier molecular flexibility index (Phi) is 21.5. The Bertz CT molecular complexity index is 1190. The molecular weight excluding hydrogens is 672 g/mol. The highest BCUT2D eigenvalue weighted by molar-refractivity contribution is 5.96. The van der Waals surface area contributed by atoms with Crippen molar-refractivity contribution in [2.24, 2.45) is 28.3 Å². The second-order valence-corrected chi connectivity index (χ2v) is 14.3. The Hall–Kier alpha value is -3.95. The number of aliphatic hydroxyl groups is 1. The lowest BCUT2D eigenvalue weighted by Gasteiger charge is -2.34. The molecule has 0 saturated carbocycles. The molecule has 0 aliphatic carbocycles. The van der Waals surface area contributed by atoms with E-state index in [1.807, 2.05) is 20.8 Å². The summed E-state index contributed by atoms with van der Waals surface area (Å²) < 4.78 is 5.80. The summed E-state index contributed by atoms with van der Waals surface area (Å²) in [7, 11) is 1.52. The zero-order chi connectivity index (χ0) is 39.4. The molecule has 5 amide bonds. The van der Waals surface area contributed by atoms with Crippen LogP contribution < -0.4 is 32.7 Å². The van der Waals surface area contributed by atoms with Gasteiger partial charge in [-0.2, -0.15) is 0 Å². The van der Waals surface area contributed by atoms with Gasteiger partial charge in [-0.25, -0.2) is 0 Å². The Morgan fingerprint density at radius 2 is 1.40 bits per heavy atom. The van der Waals surface area contributed by atoms with Gasteiger partial charge < -0.3 is 47.5 Å². The standard InChI is InChI=1S/C36H66N8O8/c1-8-10-11-12-13-14-15-16-18-28-23(5)35(51)44(7)27(19-22(3)4)33(49)41-25(17-9-2)31(47)42-26(20-40-36(37)38)32(48)43-30(24(6)45)34(50)39-21-29(46)52-28/h22-28,30,45H,8-21H2,1-7H3,(H,39,50)(H,41,49)(H,42,47)(H,43,48)(H4,37,38,40)/t23-,24+,25+,26+,27+,28-,30+/m1/s1. The van der Waals surface area contributed by atoms with Gasteiger partial charge in [0.2, 0.25) is 29.5 Å². The van der Waals surface area contributed by atoms with Crippen LogP contribution in [0.2, 0.25) is 0 Å². The molecule has 1 heterocycles. The summed E-state index contributed by atoms with van der Waals surface area (Å²) in [5.74, 6) is -5.51. The van der Waals surface area contributed by atoms with Crippen LogP contribution in [-0.2, 0) is 33.5 Å². The second kappa shape index (κ2) is 24.3. The molecule has 298 valence electrons. The molecule has 9 N–H and O–H groups in total. The fraction of sp³-hybridized carbons (Fsp3) is 0.806. The van der Waals surface area contributed by atoms with Gasteiger partial charge in [0.15, 0.2) is 5.96 Å². The highest BCUT2D eigenvalue weighted by atomic mass is 16.5. The van der Waals surface area contributed by atoms with E-state index >= 15 is 0 Å². The molecule has 1 saturated heterocycles. The van der Waals surface area contributed by atoms with E-state index in [1.54, 1.807) is 6.92 Å². The van der Waals surface area contributed by atoms with Crippen molar-refractivity contribution >= 4 is 41.5 Å². The van der Waals surface area contributed by atoms with Crippen molar-refractivity contribution in [1.82, 2.24) is 26.2 Å². The Morgan fingerprint density at radius 1 is 0.827 bits per heavy atom. The highest BCUT2D eigenvalue weighted by Gasteiger charge is 2.37. The number of ether oxygens (including phenoxy) is 1. The number of rotatable bonds is 16. The number of hydrogen-bond acceptors (Lipinski definition) is 9. The van der Waals surface area contributed by atoms with Crippen LogP contribution in [0.5, 0.6) is 0 Å². The molecule has 0 bridgehead atoms. The van der Waals surface area contributed by atoms with Gasteiger partial charge >= 0.3 is 5.97 Å². The van der Waals surface area contributed by atoms with Crippen LogP contribution in [0.4, 0.5) is 0 Å². The number of unbranched alkanes of at least 4 members (excludes halogenated alkanes) is 7. The third-order valence-electron chi connectivity index (χ3n) is 9.15. The molecule has 1 rings (SSSR count). The number of amides is 5. The smallest absolute Gasteiger partial charge is 0.325 e. The summed E-state index contributed by atoms with van der Waals surface area (Å²) in [4.78, 5) is 86.4. The number of carbonyl (C=O) groups excluding carboxylic acids is 6. The van der Waals surface area contributed by atoms with Crippen molar-refractivity contribution < 1.29 is 38.6 Å². The Morgan fingerprint density at radius 3 is 1.96 bits per heavy atom. The van der Waals surface area contributed by atoms with Crippen LogP contribution >= 0.6 is 0 Å². The van der Waals surface area contributed by atoms with Gasteiger partial charge in [-0.1, -0.05) is 86.0 Å². The molecule has 1 fully saturated rings. The molecule has 0 aromatic carbocycles. The second-order valence-electron chi connectivity index (χ2n) is 14.3. The lowest BCUT2D eigenvalue weighted by atomic mass is 9.94. The Labute approximate surface area is 309 Å². The van der Waals surface area contributed by atoms with Crippen molar-refractivity contribution in [2.45, 2.75) is 155 Å². The van der Waals surface area contributed by atoms with Crippen LogP contribution in [0.15, 0.2) is 4.99 Å². The summed E-state index contributed by atoms with van der Waals surface area (Å²) >= 11 is 0. The van der Waals surface area contributed by atoms with Gasteiger partial charge in [0.05, 0.1) is 18.6 Å². The molecular formula is C36H66N8O8. The predicted octanol–water partition coefficient (Wildman–Crippen LogP) is 0.977. The average Bonchev–Trinajstić information content (AvgIpc) is 3.08. The molecule has 0 unspecified atom stereocenters. The van der Waals surface area contributed by atoms with Crippen LogP contribution in [0.3, 0.4) is 0 Å². The number of likely N-dealkylation sites (N-methyl/N-ethyl adjacent to an activating group) is 1. The van der Waals surface area contributed by atoms with E-state index in [9.17, 15) is 33.9 Å². The third kappa shape index (κ3) is 16.6. The molecule has 0 spiro atoms. The monoisotopic (exact) mass is 739 g/mol. The topological polar surface area (TPSA) is 248 Å². The third-order valence-corrected chi connectivity index (χ3v) is 9.15. The maximum atomic E-state index is 14.0. The fourth-order valence-electron chi connectivity index (χ4n) is 6.04. The average molecular weight is 739 g/mol. The molecule has 0 aromatic rings. The Balaban J connectivity index is 3.54. The van der Waals surface area contributed by atoms with Crippen molar-refractivity contribution in [3.8, 4) is 0 Å². The van der Waals surface area contributed by atoms with E-state index in [-0.39, 0.29) is 24.7 Å². The van der Waals surface area contributed by atoms with Gasteiger partial charge in [-0.05, 0) is 38.5 Å². The summed E-state index contributed by atoms with van der Waals surface area (Å²) in [5, 5.41) is 20.5. The van der Waals surface area contributed by atoms with Crippen molar-refractivity contribution in [1.29, 1.82) is 0 Å². The number of cyclic esters (lactones) is 1. The van der Waals surface area contributed by atoms with Crippen LogP contribution in [-0.4, -0.2) is 108 Å². The SMILES string of the molecule is CCCCCCCCCC[C@H]1OC(=O)CNC(=O)[C@H]([C@H](C)O)NC(=O)[C@H](CN=C(N)N)NC(=O)[C@H](CCC)NC(=O)[C@H](CC(C)C)N(C)C(=O)[C@@H]1C. The number of nitrogens with one attached hydrogen (secondary N) is 4. The summed E-state index contributed by atoms with van der Waals surface area (Å²) in [6.45, 7) is 9.71. The van der Waals surface area contributed by atoms with E-state index in [0.29, 0.717) is 19.3 Å². The molecule has 16 heteroatoms. The number of nitrogens with zero attached hydrogens (tertiary/aromatic N) is 2. The number of hydrogen-bond donors (Lipinski definition) is 7. The predicted molar refractivity (Wildman–Crippen MR) is 198 cm³/mol. The zero-order valence-electron chi connectivity index (χ0n) is 32.4. The van der Waals surface area contributed by atoms with E-state index in [4.69, 9.17) is 16.2 Å². The summed E-state index contributed by atoms with van der Waals surface area (Å²) in [6.07, 6.45) is 7.46. The van der Waals surface area contributed by atoms with E-state index in [2.05, 4.69) is 33.2 Å². The van der Waals surface area contributed by atoms with E-state index in [0.717, 1.165) is 32.1 Å². The maximum Gasteiger partial charge on any atom is 0.325 e. The number of carbonyl (C=O) groups is 6.